The lowest BCUT2D eigenvalue weighted by Gasteiger charge is -2.23. The molecule has 0 bridgehead atoms. The average molecular weight is 194 g/mol. The third-order valence-electron chi connectivity index (χ3n) is 2.45. The Morgan fingerprint density at radius 1 is 1.43 bits per heavy atom. The fourth-order valence-corrected chi connectivity index (χ4v) is 1.38. The van der Waals surface area contributed by atoms with Crippen molar-refractivity contribution in [1.82, 2.24) is 0 Å². The predicted molar refractivity (Wildman–Crippen MR) is 62.2 cm³/mol. The second-order valence-electron chi connectivity index (χ2n) is 4.76. The molecule has 0 fully saturated rings. The minimum atomic E-state index is -0.252. The second-order valence-corrected chi connectivity index (χ2v) is 4.76. The number of ketones is 1. The molecule has 0 aromatic carbocycles. The topological polar surface area (TPSA) is 17.1 Å². The van der Waals surface area contributed by atoms with Gasteiger partial charge in [-0.1, -0.05) is 52.0 Å². The largest absolute Gasteiger partial charge is 0.299 e. The van der Waals surface area contributed by atoms with Crippen molar-refractivity contribution in [2.75, 3.05) is 0 Å². The normalized spacial score (nSPS) is 13.1. The molecule has 0 radical (unpaired) electrons. The lowest BCUT2D eigenvalue weighted by molar-refractivity contribution is -0.130. The van der Waals surface area contributed by atoms with Gasteiger partial charge in [0.05, 0.1) is 0 Å². The van der Waals surface area contributed by atoms with Gasteiger partial charge in [-0.25, -0.2) is 0 Å². The number of hydrogen-bond acceptors (Lipinski definition) is 1. The molecule has 0 N–H and O–H groups in total. The molecule has 0 atom stereocenters. The third kappa shape index (κ3) is 3.91. The Morgan fingerprint density at radius 2 is 1.93 bits per heavy atom. The van der Waals surface area contributed by atoms with Crippen LogP contribution < -0.4 is 0 Å². The standard InChI is InChI=1S/C13H22O/c1-7-11(4)8-9-13(5,6)12(14)10(2)3/h7-8,10H,1,9H2,2-6H3/b11-8+. The van der Waals surface area contributed by atoms with Gasteiger partial charge in [0.15, 0.2) is 0 Å². The molecule has 0 heterocycles. The minimum absolute atomic E-state index is 0.113. The van der Waals surface area contributed by atoms with Crippen LogP contribution in [0.3, 0.4) is 0 Å². The zero-order valence-corrected chi connectivity index (χ0v) is 10.1. The first-order valence-corrected chi connectivity index (χ1v) is 5.14. The van der Waals surface area contributed by atoms with E-state index in [1.54, 1.807) is 0 Å². The fourth-order valence-electron chi connectivity index (χ4n) is 1.38. The molecule has 1 nitrogen and oxygen atoms in total. The highest BCUT2D eigenvalue weighted by Gasteiger charge is 2.27. The van der Waals surface area contributed by atoms with Crippen LogP contribution in [0, 0.1) is 11.3 Å². The zero-order valence-electron chi connectivity index (χ0n) is 10.1. The maximum atomic E-state index is 11.8. The van der Waals surface area contributed by atoms with E-state index >= 15 is 0 Å². The van der Waals surface area contributed by atoms with Gasteiger partial charge in [0.1, 0.15) is 5.78 Å². The highest BCUT2D eigenvalue weighted by molar-refractivity contribution is 5.85. The smallest absolute Gasteiger partial charge is 0.141 e. The first kappa shape index (κ1) is 13.2. The fraction of sp³-hybridized carbons (Fsp3) is 0.615. The van der Waals surface area contributed by atoms with Gasteiger partial charge in [-0.15, -0.1) is 0 Å². The summed E-state index contributed by atoms with van der Waals surface area (Å²) in [4.78, 5) is 11.8. The molecule has 14 heavy (non-hydrogen) atoms. The maximum Gasteiger partial charge on any atom is 0.141 e. The molecule has 0 unspecified atom stereocenters. The van der Waals surface area contributed by atoms with Gasteiger partial charge in [0, 0.05) is 11.3 Å². The monoisotopic (exact) mass is 194 g/mol. The van der Waals surface area contributed by atoms with Crippen molar-refractivity contribution < 1.29 is 4.79 Å². The summed E-state index contributed by atoms with van der Waals surface area (Å²) in [5.74, 6) is 0.438. The number of rotatable bonds is 5. The molecule has 0 rings (SSSR count). The summed E-state index contributed by atoms with van der Waals surface area (Å²) < 4.78 is 0. The van der Waals surface area contributed by atoms with Crippen LogP contribution in [0.25, 0.3) is 0 Å². The van der Waals surface area contributed by atoms with Crippen LogP contribution >= 0.6 is 0 Å². The van der Waals surface area contributed by atoms with Crippen molar-refractivity contribution in [2.24, 2.45) is 11.3 Å². The van der Waals surface area contributed by atoms with Gasteiger partial charge >= 0.3 is 0 Å². The van der Waals surface area contributed by atoms with E-state index in [1.165, 1.54) is 0 Å². The Morgan fingerprint density at radius 3 is 2.29 bits per heavy atom. The average Bonchev–Trinajstić information content (AvgIpc) is 2.12. The van der Waals surface area contributed by atoms with Crippen LogP contribution in [0.5, 0.6) is 0 Å². The van der Waals surface area contributed by atoms with Crippen LogP contribution in [-0.2, 0) is 4.79 Å². The van der Waals surface area contributed by atoms with E-state index in [2.05, 4.69) is 12.7 Å². The summed E-state index contributed by atoms with van der Waals surface area (Å²) in [6.07, 6.45) is 4.69. The van der Waals surface area contributed by atoms with Gasteiger partial charge < -0.3 is 0 Å². The molecule has 0 saturated carbocycles. The van der Waals surface area contributed by atoms with Gasteiger partial charge in [0.2, 0.25) is 0 Å². The predicted octanol–water partition coefficient (Wildman–Crippen LogP) is 3.76. The summed E-state index contributed by atoms with van der Waals surface area (Å²) in [6.45, 7) is 13.6. The van der Waals surface area contributed by atoms with Crippen LogP contribution in [0.1, 0.15) is 41.0 Å². The molecule has 0 saturated heterocycles. The molecule has 0 amide bonds. The SMILES string of the molecule is C=C/C(C)=C/CC(C)(C)C(=O)C(C)C. The van der Waals surface area contributed by atoms with Crippen molar-refractivity contribution in [2.45, 2.75) is 41.0 Å². The molecule has 80 valence electrons. The van der Waals surface area contributed by atoms with E-state index in [0.29, 0.717) is 5.78 Å². The molecular weight excluding hydrogens is 172 g/mol. The molecule has 1 heteroatoms. The van der Waals surface area contributed by atoms with E-state index in [4.69, 9.17) is 0 Å². The number of hydrogen-bond donors (Lipinski definition) is 0. The van der Waals surface area contributed by atoms with Crippen molar-refractivity contribution in [3.8, 4) is 0 Å². The van der Waals surface area contributed by atoms with Crippen LogP contribution in [-0.4, -0.2) is 5.78 Å². The quantitative estimate of drug-likeness (QED) is 0.609. The Kier molecular flexibility index (Phi) is 4.82. The van der Waals surface area contributed by atoms with Crippen LogP contribution in [0.2, 0.25) is 0 Å². The minimum Gasteiger partial charge on any atom is -0.299 e. The van der Waals surface area contributed by atoms with E-state index in [0.717, 1.165) is 12.0 Å². The van der Waals surface area contributed by atoms with Crippen molar-refractivity contribution in [3.63, 3.8) is 0 Å². The maximum absolute atomic E-state index is 11.8. The lowest BCUT2D eigenvalue weighted by Crippen LogP contribution is -2.27. The van der Waals surface area contributed by atoms with Gasteiger partial charge in [-0.2, -0.15) is 0 Å². The summed E-state index contributed by atoms with van der Waals surface area (Å²) in [6, 6.07) is 0. The van der Waals surface area contributed by atoms with Crippen LogP contribution in [0.15, 0.2) is 24.3 Å². The Balaban J connectivity index is 4.49. The molecule has 0 spiro atoms. The van der Waals surface area contributed by atoms with Crippen molar-refractivity contribution in [1.29, 1.82) is 0 Å². The summed E-state index contributed by atoms with van der Waals surface area (Å²) in [5.41, 5.74) is 0.882. The summed E-state index contributed by atoms with van der Waals surface area (Å²) in [7, 11) is 0. The summed E-state index contributed by atoms with van der Waals surface area (Å²) >= 11 is 0. The molecule has 0 aromatic rings. The van der Waals surface area contributed by atoms with E-state index in [9.17, 15) is 4.79 Å². The zero-order chi connectivity index (χ0) is 11.4. The molecule has 0 aliphatic heterocycles. The Hall–Kier alpha value is -0.850. The summed E-state index contributed by atoms with van der Waals surface area (Å²) in [5, 5.41) is 0. The van der Waals surface area contributed by atoms with Gasteiger partial charge in [-0.05, 0) is 13.3 Å². The van der Waals surface area contributed by atoms with Crippen molar-refractivity contribution >= 4 is 5.78 Å². The number of Topliss-reactive ketones (excluding diaryl/α,β-unsaturated/α-hetero) is 1. The number of carbonyl (C=O) groups is 1. The number of carbonyl (C=O) groups excluding carboxylic acids is 1. The van der Waals surface area contributed by atoms with Gasteiger partial charge in [-0.3, -0.25) is 4.79 Å². The third-order valence-corrected chi connectivity index (χ3v) is 2.45. The first-order valence-electron chi connectivity index (χ1n) is 5.14. The van der Waals surface area contributed by atoms with E-state index in [-0.39, 0.29) is 11.3 Å². The highest BCUT2D eigenvalue weighted by atomic mass is 16.1. The molecule has 0 aromatic heterocycles. The lowest BCUT2D eigenvalue weighted by atomic mass is 9.79. The van der Waals surface area contributed by atoms with Crippen molar-refractivity contribution in [3.05, 3.63) is 24.3 Å². The highest BCUT2D eigenvalue weighted by Crippen LogP contribution is 2.26. The van der Waals surface area contributed by atoms with Crippen LogP contribution in [0.4, 0.5) is 0 Å². The van der Waals surface area contributed by atoms with Gasteiger partial charge in [0.25, 0.3) is 0 Å². The second kappa shape index (κ2) is 5.14. The van der Waals surface area contributed by atoms with E-state index in [1.807, 2.05) is 40.7 Å². The Labute approximate surface area is 87.9 Å². The molecule has 0 aliphatic rings. The Bertz CT molecular complexity index is 244. The first-order chi connectivity index (χ1) is 6.31. The molecule has 0 aliphatic carbocycles. The molecular formula is C13H22O. The van der Waals surface area contributed by atoms with E-state index < -0.39 is 0 Å². The number of allylic oxidation sites excluding steroid dienone is 3.